The monoisotopic (exact) mass is 549 g/mol. The number of halogens is 4. The van der Waals surface area contributed by atoms with Crippen LogP contribution in [0.15, 0.2) is 18.3 Å². The number of aliphatic hydroxyl groups excluding tert-OH is 1. The predicted molar refractivity (Wildman–Crippen MR) is 139 cm³/mol. The SMILES string of the molecule is CC(C)n1c(C(C)(C)O)c(C#N)c2c(F)cc(-c3nc(N)ncc3Cl)cc21.OC1CCC2CCC1C2(F)F. The fourth-order valence-electron chi connectivity index (χ4n) is 5.78. The first-order chi connectivity index (χ1) is 17.7. The number of nitrogens with zero attached hydrogens (tertiary/aromatic N) is 4. The third kappa shape index (κ3) is 4.83. The van der Waals surface area contributed by atoms with Gasteiger partial charge in [0, 0.05) is 23.4 Å². The molecule has 4 N–H and O–H groups in total. The van der Waals surface area contributed by atoms with Crippen LogP contribution < -0.4 is 5.73 Å². The van der Waals surface area contributed by atoms with Gasteiger partial charge in [0.1, 0.15) is 17.5 Å². The van der Waals surface area contributed by atoms with Gasteiger partial charge in [-0.15, -0.1) is 0 Å². The number of alkyl halides is 2. The molecule has 11 heteroatoms. The topological polar surface area (TPSA) is 121 Å². The Labute approximate surface area is 224 Å². The fourth-order valence-corrected chi connectivity index (χ4v) is 5.98. The molecule has 204 valence electrons. The lowest BCUT2D eigenvalue weighted by atomic mass is 9.83. The van der Waals surface area contributed by atoms with Gasteiger partial charge in [0.25, 0.3) is 5.92 Å². The zero-order chi connectivity index (χ0) is 28.2. The molecule has 5 rings (SSSR count). The van der Waals surface area contributed by atoms with Crippen LogP contribution in [0.4, 0.5) is 19.1 Å². The van der Waals surface area contributed by atoms with Gasteiger partial charge in [-0.3, -0.25) is 0 Å². The lowest BCUT2D eigenvalue weighted by molar-refractivity contribution is -0.138. The van der Waals surface area contributed by atoms with E-state index in [9.17, 15) is 24.3 Å². The van der Waals surface area contributed by atoms with Gasteiger partial charge >= 0.3 is 0 Å². The van der Waals surface area contributed by atoms with Gasteiger partial charge in [0.2, 0.25) is 5.95 Å². The quantitative estimate of drug-likeness (QED) is 0.371. The van der Waals surface area contributed by atoms with E-state index in [0.29, 0.717) is 48.2 Å². The van der Waals surface area contributed by atoms with E-state index in [1.54, 1.807) is 24.5 Å². The van der Waals surface area contributed by atoms with Gasteiger partial charge < -0.3 is 20.5 Å². The summed E-state index contributed by atoms with van der Waals surface area (Å²) in [5.74, 6) is -4.32. The Morgan fingerprint density at radius 2 is 1.89 bits per heavy atom. The summed E-state index contributed by atoms with van der Waals surface area (Å²) in [6.45, 7) is 6.94. The Balaban J connectivity index is 0.000000253. The van der Waals surface area contributed by atoms with Gasteiger partial charge in [0.15, 0.2) is 0 Å². The molecule has 0 radical (unpaired) electrons. The largest absolute Gasteiger partial charge is 0.393 e. The molecule has 3 unspecified atom stereocenters. The lowest BCUT2D eigenvalue weighted by Crippen LogP contribution is -2.41. The minimum Gasteiger partial charge on any atom is -0.393 e. The van der Waals surface area contributed by atoms with Crippen molar-refractivity contribution in [3.63, 3.8) is 0 Å². The van der Waals surface area contributed by atoms with Crippen molar-refractivity contribution >= 4 is 28.5 Å². The first-order valence-electron chi connectivity index (χ1n) is 12.5. The molecule has 0 amide bonds. The Bertz CT molecular complexity index is 1410. The molecule has 2 fully saturated rings. The molecular weight excluding hydrogens is 519 g/mol. The number of fused-ring (bicyclic) bond motifs is 3. The van der Waals surface area contributed by atoms with Crippen molar-refractivity contribution < 1.29 is 23.4 Å². The number of nitrogen functional groups attached to an aromatic ring is 1. The molecule has 1 aromatic carbocycles. The number of nitrogens with two attached hydrogens (primary N) is 1. The minimum absolute atomic E-state index is 0.0176. The van der Waals surface area contributed by atoms with Crippen LogP contribution in [0.3, 0.4) is 0 Å². The van der Waals surface area contributed by atoms with Gasteiger partial charge in [-0.05, 0) is 65.5 Å². The zero-order valence-electron chi connectivity index (χ0n) is 21.6. The summed E-state index contributed by atoms with van der Waals surface area (Å²) >= 11 is 6.17. The summed E-state index contributed by atoms with van der Waals surface area (Å²) in [5.41, 5.74) is 5.96. The highest BCUT2D eigenvalue weighted by Gasteiger charge is 2.57. The van der Waals surface area contributed by atoms with Crippen molar-refractivity contribution in [2.75, 3.05) is 5.73 Å². The highest BCUT2D eigenvalue weighted by Crippen LogP contribution is 2.52. The number of benzene rings is 1. The summed E-state index contributed by atoms with van der Waals surface area (Å²) in [5, 5.41) is 29.9. The normalized spacial score (nSPS) is 22.3. The Morgan fingerprint density at radius 1 is 1.24 bits per heavy atom. The van der Waals surface area contributed by atoms with E-state index in [2.05, 4.69) is 9.97 Å². The molecule has 0 spiro atoms. The maximum atomic E-state index is 15.1. The number of rotatable bonds is 3. The van der Waals surface area contributed by atoms with E-state index in [0.717, 1.165) is 0 Å². The van der Waals surface area contributed by atoms with Crippen LogP contribution in [-0.2, 0) is 5.60 Å². The van der Waals surface area contributed by atoms with E-state index in [1.165, 1.54) is 12.3 Å². The molecule has 2 saturated carbocycles. The van der Waals surface area contributed by atoms with Gasteiger partial charge in [-0.1, -0.05) is 11.6 Å². The van der Waals surface area contributed by atoms with Crippen LogP contribution in [-0.4, -0.2) is 36.8 Å². The van der Waals surface area contributed by atoms with Crippen LogP contribution in [0.25, 0.3) is 22.2 Å². The number of aromatic nitrogens is 3. The number of anilines is 1. The van der Waals surface area contributed by atoms with E-state index in [4.69, 9.17) is 17.3 Å². The molecule has 2 aliphatic rings. The predicted octanol–water partition coefficient (Wildman–Crippen LogP) is 5.96. The summed E-state index contributed by atoms with van der Waals surface area (Å²) in [4.78, 5) is 7.93. The fraction of sp³-hybridized carbons (Fsp3) is 0.519. The molecule has 0 aliphatic heterocycles. The maximum Gasteiger partial charge on any atom is 0.256 e. The summed E-state index contributed by atoms with van der Waals surface area (Å²) in [6.07, 6.45) is 2.80. The van der Waals surface area contributed by atoms with Gasteiger partial charge in [-0.25, -0.2) is 23.1 Å². The van der Waals surface area contributed by atoms with Crippen molar-refractivity contribution in [3.8, 4) is 17.3 Å². The number of aliphatic hydroxyl groups is 2. The molecule has 3 aromatic rings. The molecule has 3 atom stereocenters. The van der Waals surface area contributed by atoms with E-state index >= 15 is 4.39 Å². The third-order valence-corrected chi connectivity index (χ3v) is 7.72. The third-order valence-electron chi connectivity index (χ3n) is 7.44. The molecule has 2 aliphatic carbocycles. The standard InChI is InChI=1S/C19H19ClFN5O.C8H12F2O/c1-9(2)26-14-6-10(16-12(20)8-24-18(23)25-16)5-13(21)15(14)11(7-22)17(26)19(3,4)27;9-8(10)5-1-3-6(8)7(11)4-2-5/h5-6,8-9,27H,1-4H3,(H2,23,24,25);5-7,11H,1-4H2. The molecule has 38 heavy (non-hydrogen) atoms. The Hall–Kier alpha value is -2.87. The smallest absolute Gasteiger partial charge is 0.256 e. The zero-order valence-corrected chi connectivity index (χ0v) is 22.4. The van der Waals surface area contributed by atoms with Gasteiger partial charge in [0.05, 0.1) is 45.2 Å². The molecule has 7 nitrogen and oxygen atoms in total. The van der Waals surface area contributed by atoms with E-state index < -0.39 is 35.3 Å². The van der Waals surface area contributed by atoms with Crippen molar-refractivity contribution in [3.05, 3.63) is 40.4 Å². The van der Waals surface area contributed by atoms with E-state index in [-0.39, 0.29) is 28.0 Å². The summed E-state index contributed by atoms with van der Waals surface area (Å²) < 4.78 is 43.1. The van der Waals surface area contributed by atoms with E-state index in [1.807, 2.05) is 19.9 Å². The van der Waals surface area contributed by atoms with Crippen molar-refractivity contribution in [2.24, 2.45) is 11.8 Å². The van der Waals surface area contributed by atoms with Crippen molar-refractivity contribution in [1.29, 1.82) is 5.26 Å². The number of nitriles is 1. The highest BCUT2D eigenvalue weighted by molar-refractivity contribution is 6.33. The number of hydrogen-bond acceptors (Lipinski definition) is 6. The average Bonchev–Trinajstić information content (AvgIpc) is 3.24. The molecule has 2 heterocycles. The van der Waals surface area contributed by atoms with Crippen LogP contribution >= 0.6 is 11.6 Å². The van der Waals surface area contributed by atoms with Gasteiger partial charge in [-0.2, -0.15) is 5.26 Å². The molecular formula is C27H31ClF3N5O2. The van der Waals surface area contributed by atoms with Crippen LogP contribution in [0.5, 0.6) is 0 Å². The van der Waals surface area contributed by atoms with Crippen LogP contribution in [0.1, 0.15) is 70.7 Å². The minimum atomic E-state index is -2.57. The van der Waals surface area contributed by atoms with Crippen LogP contribution in [0.2, 0.25) is 5.02 Å². The summed E-state index contributed by atoms with van der Waals surface area (Å²) in [7, 11) is 0. The van der Waals surface area contributed by atoms with Crippen molar-refractivity contribution in [2.45, 2.75) is 77.0 Å². The summed E-state index contributed by atoms with van der Waals surface area (Å²) in [6, 6.07) is 4.88. The molecule has 2 aromatic heterocycles. The Morgan fingerprint density at radius 3 is 2.47 bits per heavy atom. The second kappa shape index (κ2) is 10.0. The first kappa shape index (κ1) is 28.1. The maximum absolute atomic E-state index is 15.1. The van der Waals surface area contributed by atoms with Crippen molar-refractivity contribution in [1.82, 2.24) is 14.5 Å². The van der Waals surface area contributed by atoms with Crippen LogP contribution in [0, 0.1) is 29.0 Å². The molecule has 2 bridgehead atoms. The second-order valence-corrected chi connectivity index (χ2v) is 11.2. The lowest BCUT2D eigenvalue weighted by Gasteiger charge is -2.33. The average molecular weight is 550 g/mol. The number of hydrogen-bond donors (Lipinski definition) is 3. The molecule has 0 saturated heterocycles. The second-order valence-electron chi connectivity index (χ2n) is 10.8. The Kier molecular flexibility index (Phi) is 7.43. The highest BCUT2D eigenvalue weighted by atomic mass is 35.5. The first-order valence-corrected chi connectivity index (χ1v) is 12.9.